The minimum absolute atomic E-state index is 0.119. The van der Waals surface area contributed by atoms with Crippen LogP contribution < -0.4 is 15.5 Å². The molecule has 1 aromatic carbocycles. The van der Waals surface area contributed by atoms with Crippen molar-refractivity contribution in [2.75, 3.05) is 68.4 Å². The lowest BCUT2D eigenvalue weighted by atomic mass is 9.92. The number of likely N-dealkylation sites (tertiary alicyclic amines) is 1. The van der Waals surface area contributed by atoms with E-state index in [1.165, 1.54) is 38.8 Å². The highest BCUT2D eigenvalue weighted by Gasteiger charge is 2.25. The topological polar surface area (TPSA) is 120 Å². The van der Waals surface area contributed by atoms with Crippen LogP contribution in [0.2, 0.25) is 0 Å². The van der Waals surface area contributed by atoms with E-state index in [-0.39, 0.29) is 11.3 Å². The molecule has 3 aromatic heterocycles. The molecule has 5 heterocycles. The average molecular weight is 612 g/mol. The summed E-state index contributed by atoms with van der Waals surface area (Å²) in [7, 11) is 4.05. The first-order valence-corrected chi connectivity index (χ1v) is 15.9. The molecular formula is C33H45N11O. The predicted octanol–water partition coefficient (Wildman–Crippen LogP) is 4.22. The van der Waals surface area contributed by atoms with Gasteiger partial charge in [0.25, 0.3) is 5.91 Å². The van der Waals surface area contributed by atoms with Crippen LogP contribution in [0.1, 0.15) is 55.2 Å². The number of nitrogens with zero attached hydrogens (tertiary/aromatic N) is 9. The lowest BCUT2D eigenvalue weighted by molar-refractivity contribution is 0.102. The molecule has 6 rings (SSSR count). The molecule has 12 heteroatoms. The Kier molecular flexibility index (Phi) is 8.69. The molecule has 0 radical (unpaired) electrons. The number of piperazine rings is 1. The molecule has 2 fully saturated rings. The van der Waals surface area contributed by atoms with Crippen molar-refractivity contribution >= 4 is 40.2 Å². The van der Waals surface area contributed by atoms with Crippen LogP contribution in [-0.2, 0) is 12.5 Å². The van der Waals surface area contributed by atoms with Crippen molar-refractivity contribution in [2.24, 2.45) is 13.0 Å². The van der Waals surface area contributed by atoms with Crippen LogP contribution in [0.15, 0.2) is 36.8 Å². The van der Waals surface area contributed by atoms with Crippen LogP contribution in [0.5, 0.6) is 0 Å². The molecule has 2 N–H and O–H groups in total. The summed E-state index contributed by atoms with van der Waals surface area (Å²) in [6.45, 7) is 15.7. The predicted molar refractivity (Wildman–Crippen MR) is 178 cm³/mol. The number of aromatic nitrogens is 6. The van der Waals surface area contributed by atoms with Gasteiger partial charge in [0.15, 0.2) is 5.82 Å². The minimum Gasteiger partial charge on any atom is -0.338 e. The third-order valence-electron chi connectivity index (χ3n) is 9.02. The van der Waals surface area contributed by atoms with Crippen LogP contribution in [0.3, 0.4) is 0 Å². The van der Waals surface area contributed by atoms with Gasteiger partial charge >= 0.3 is 0 Å². The minimum atomic E-state index is -0.214. The SMILES string of the molecule is Cc1ccc(C(=O)Nc2cc(C(C)(C)C)nn2C)cc1Nc1ncnc2cnc(N3CCN(CC4CCN(C)CC4)CC3)nc12. The fourth-order valence-corrected chi connectivity index (χ4v) is 5.99. The first-order chi connectivity index (χ1) is 21.5. The lowest BCUT2D eigenvalue weighted by Gasteiger charge is -2.38. The average Bonchev–Trinajstić information content (AvgIpc) is 3.40. The second-order valence-electron chi connectivity index (χ2n) is 13.6. The summed E-state index contributed by atoms with van der Waals surface area (Å²) in [6, 6.07) is 7.51. The van der Waals surface area contributed by atoms with Gasteiger partial charge in [0.1, 0.15) is 23.2 Å². The summed E-state index contributed by atoms with van der Waals surface area (Å²) in [6.07, 6.45) is 5.86. The van der Waals surface area contributed by atoms with Crippen LogP contribution >= 0.6 is 0 Å². The van der Waals surface area contributed by atoms with Gasteiger partial charge in [0.05, 0.1) is 11.9 Å². The van der Waals surface area contributed by atoms with Crippen LogP contribution in [0.25, 0.3) is 11.0 Å². The summed E-state index contributed by atoms with van der Waals surface area (Å²) in [5.74, 6) is 2.49. The molecule has 0 bridgehead atoms. The number of piperidine rings is 1. The normalized spacial score (nSPS) is 17.2. The maximum absolute atomic E-state index is 13.3. The van der Waals surface area contributed by atoms with E-state index in [0.717, 1.165) is 49.0 Å². The Hall–Kier alpha value is -4.16. The standard InChI is InChI=1S/C33H45N11O/c1-22-7-8-24(31(45)38-28-18-27(33(2,3)4)40-42(28)6)17-25(22)37-30-29-26(35-21-36-30)19-34-32(39-29)44-15-13-43(14-16-44)20-23-9-11-41(5)12-10-23/h7-8,17-19,21,23H,9-16,20H2,1-6H3,(H,38,45)(H,35,36,37). The number of fused-ring (bicyclic) bond motifs is 1. The number of carbonyl (C=O) groups is 1. The highest BCUT2D eigenvalue weighted by Crippen LogP contribution is 2.28. The molecule has 238 valence electrons. The zero-order chi connectivity index (χ0) is 31.7. The number of hydrogen-bond donors (Lipinski definition) is 2. The van der Waals surface area contributed by atoms with Gasteiger partial charge in [-0.15, -0.1) is 0 Å². The summed E-state index contributed by atoms with van der Waals surface area (Å²) in [5.41, 5.74) is 4.37. The Balaban J connectivity index is 1.15. The number of aryl methyl sites for hydroxylation is 2. The molecule has 0 spiro atoms. The fraction of sp³-hybridized carbons (Fsp3) is 0.515. The second kappa shape index (κ2) is 12.7. The van der Waals surface area contributed by atoms with E-state index >= 15 is 0 Å². The number of carbonyl (C=O) groups excluding carboxylic acids is 1. The van der Waals surface area contributed by atoms with Gasteiger partial charge in [-0.3, -0.25) is 14.4 Å². The number of anilines is 4. The van der Waals surface area contributed by atoms with E-state index in [4.69, 9.17) is 4.98 Å². The van der Waals surface area contributed by atoms with Crippen molar-refractivity contribution in [3.63, 3.8) is 0 Å². The molecule has 0 aliphatic carbocycles. The van der Waals surface area contributed by atoms with Crippen molar-refractivity contribution in [1.82, 2.24) is 39.5 Å². The van der Waals surface area contributed by atoms with Crippen LogP contribution in [0.4, 0.5) is 23.3 Å². The van der Waals surface area contributed by atoms with Crippen molar-refractivity contribution in [3.05, 3.63) is 53.6 Å². The Morgan fingerprint density at radius 3 is 2.44 bits per heavy atom. The van der Waals surface area contributed by atoms with Gasteiger partial charge in [-0.05, 0) is 63.5 Å². The molecular weight excluding hydrogens is 566 g/mol. The van der Waals surface area contributed by atoms with E-state index in [1.54, 1.807) is 10.9 Å². The number of hydrogen-bond acceptors (Lipinski definition) is 10. The third kappa shape index (κ3) is 7.07. The Morgan fingerprint density at radius 1 is 0.978 bits per heavy atom. The van der Waals surface area contributed by atoms with Crippen molar-refractivity contribution < 1.29 is 4.79 Å². The molecule has 0 unspecified atom stereocenters. The van der Waals surface area contributed by atoms with E-state index in [0.29, 0.717) is 34.2 Å². The van der Waals surface area contributed by atoms with E-state index in [2.05, 4.69) is 73.2 Å². The van der Waals surface area contributed by atoms with Gasteiger partial charge in [0, 0.05) is 62.5 Å². The molecule has 0 saturated carbocycles. The Labute approximate surface area is 265 Å². The molecule has 2 saturated heterocycles. The summed E-state index contributed by atoms with van der Waals surface area (Å²) in [5, 5.41) is 11.0. The lowest BCUT2D eigenvalue weighted by Crippen LogP contribution is -2.49. The van der Waals surface area contributed by atoms with Crippen LogP contribution in [-0.4, -0.2) is 98.3 Å². The van der Waals surface area contributed by atoms with Gasteiger partial charge < -0.3 is 20.4 Å². The fourth-order valence-electron chi connectivity index (χ4n) is 5.99. The third-order valence-corrected chi connectivity index (χ3v) is 9.02. The van der Waals surface area contributed by atoms with Crippen molar-refractivity contribution in [3.8, 4) is 0 Å². The highest BCUT2D eigenvalue weighted by atomic mass is 16.1. The van der Waals surface area contributed by atoms with Gasteiger partial charge in [-0.1, -0.05) is 26.8 Å². The summed E-state index contributed by atoms with van der Waals surface area (Å²) in [4.78, 5) is 39.1. The molecule has 1 amide bonds. The van der Waals surface area contributed by atoms with Gasteiger partial charge in [-0.25, -0.2) is 19.9 Å². The maximum atomic E-state index is 13.3. The molecule has 2 aliphatic heterocycles. The number of rotatable bonds is 7. The zero-order valence-electron chi connectivity index (χ0n) is 27.3. The largest absolute Gasteiger partial charge is 0.338 e. The monoisotopic (exact) mass is 611 g/mol. The first-order valence-electron chi connectivity index (χ1n) is 15.9. The maximum Gasteiger partial charge on any atom is 0.256 e. The highest BCUT2D eigenvalue weighted by molar-refractivity contribution is 6.04. The summed E-state index contributed by atoms with van der Waals surface area (Å²) < 4.78 is 1.70. The zero-order valence-corrected chi connectivity index (χ0v) is 27.3. The molecule has 12 nitrogen and oxygen atoms in total. The Morgan fingerprint density at radius 2 is 1.73 bits per heavy atom. The smallest absolute Gasteiger partial charge is 0.256 e. The van der Waals surface area contributed by atoms with Crippen molar-refractivity contribution in [1.29, 1.82) is 0 Å². The quantitative estimate of drug-likeness (QED) is 0.314. The Bertz CT molecular complexity index is 1660. The number of nitrogens with one attached hydrogen (secondary N) is 2. The molecule has 4 aromatic rings. The van der Waals surface area contributed by atoms with E-state index in [1.807, 2.05) is 38.2 Å². The van der Waals surface area contributed by atoms with Crippen LogP contribution in [0, 0.1) is 12.8 Å². The van der Waals surface area contributed by atoms with Crippen molar-refractivity contribution in [2.45, 2.75) is 46.0 Å². The summed E-state index contributed by atoms with van der Waals surface area (Å²) >= 11 is 0. The van der Waals surface area contributed by atoms with E-state index < -0.39 is 0 Å². The van der Waals surface area contributed by atoms with E-state index in [9.17, 15) is 4.79 Å². The molecule has 45 heavy (non-hydrogen) atoms. The first kappa shape index (κ1) is 30.8. The van der Waals surface area contributed by atoms with Gasteiger partial charge in [-0.2, -0.15) is 5.10 Å². The second-order valence-corrected chi connectivity index (χ2v) is 13.6. The number of benzene rings is 1. The van der Waals surface area contributed by atoms with Gasteiger partial charge in [0.2, 0.25) is 5.95 Å². The molecule has 2 aliphatic rings. The number of amides is 1. The molecule has 0 atom stereocenters.